The maximum absolute atomic E-state index is 10.6. The van der Waals surface area contributed by atoms with Crippen LogP contribution in [-0.4, -0.2) is 48.1 Å². The van der Waals surface area contributed by atoms with Crippen LogP contribution in [0.15, 0.2) is 0 Å². The van der Waals surface area contributed by atoms with Crippen molar-refractivity contribution >= 4 is 10.0 Å². The van der Waals surface area contributed by atoms with Gasteiger partial charge in [0.1, 0.15) is 0 Å². The molecule has 0 spiro atoms. The topological polar surface area (TPSA) is 64.6 Å². The minimum atomic E-state index is -3.04. The number of rotatable bonds is 9. The molecule has 0 fully saturated rings. The molecule has 0 bridgehead atoms. The Balaban J connectivity index is 3.07. The lowest BCUT2D eigenvalue weighted by molar-refractivity contribution is 0.0689. The summed E-state index contributed by atoms with van der Waals surface area (Å²) in [6, 6.07) is 0. The Labute approximate surface area is 85.8 Å². The van der Waals surface area contributed by atoms with Crippen molar-refractivity contribution in [2.45, 2.75) is 12.8 Å². The lowest BCUT2D eigenvalue weighted by Crippen LogP contribution is -2.23. The fourth-order valence-electron chi connectivity index (χ4n) is 0.831. The zero-order valence-electron chi connectivity index (χ0n) is 8.78. The minimum absolute atomic E-state index is 0.479. The smallest absolute Gasteiger partial charge is 0.208 e. The highest BCUT2D eigenvalue weighted by molar-refractivity contribution is 7.88. The summed E-state index contributed by atoms with van der Waals surface area (Å²) >= 11 is 0. The van der Waals surface area contributed by atoms with E-state index in [0.717, 1.165) is 19.1 Å². The van der Waals surface area contributed by atoms with Crippen LogP contribution in [-0.2, 0) is 19.5 Å². The predicted molar refractivity (Wildman–Crippen MR) is 54.8 cm³/mol. The normalized spacial score (nSPS) is 11.9. The van der Waals surface area contributed by atoms with E-state index in [0.29, 0.717) is 26.4 Å². The van der Waals surface area contributed by atoms with Crippen LogP contribution < -0.4 is 4.72 Å². The molecule has 0 aliphatic rings. The van der Waals surface area contributed by atoms with Crippen molar-refractivity contribution in [1.82, 2.24) is 4.72 Å². The van der Waals surface area contributed by atoms with Gasteiger partial charge in [-0.1, -0.05) is 0 Å². The third-order valence-corrected chi connectivity index (χ3v) is 2.24. The molecule has 0 rings (SSSR count). The fraction of sp³-hybridized carbons (Fsp3) is 1.00. The van der Waals surface area contributed by atoms with E-state index in [1.807, 2.05) is 0 Å². The second-order valence-electron chi connectivity index (χ2n) is 2.98. The Bertz CT molecular complexity index is 215. The number of hydrogen-bond acceptors (Lipinski definition) is 4. The van der Waals surface area contributed by atoms with Gasteiger partial charge in [0, 0.05) is 20.3 Å². The van der Waals surface area contributed by atoms with Crippen LogP contribution in [0, 0.1) is 0 Å². The molecule has 0 aliphatic carbocycles. The van der Waals surface area contributed by atoms with Crippen LogP contribution in [0.2, 0.25) is 0 Å². The maximum atomic E-state index is 10.6. The number of nitrogens with one attached hydrogen (secondary N) is 1. The minimum Gasteiger partial charge on any atom is -0.382 e. The van der Waals surface area contributed by atoms with Gasteiger partial charge < -0.3 is 9.47 Å². The largest absolute Gasteiger partial charge is 0.382 e. The molecule has 86 valence electrons. The second kappa shape index (κ2) is 8.16. The Hall–Kier alpha value is -0.170. The number of sulfonamides is 1. The molecular formula is C8H19NO4S. The molecule has 14 heavy (non-hydrogen) atoms. The van der Waals surface area contributed by atoms with E-state index in [9.17, 15) is 8.42 Å². The molecule has 0 atom stereocenters. The van der Waals surface area contributed by atoms with Crippen LogP contribution in [0.25, 0.3) is 0 Å². The van der Waals surface area contributed by atoms with Gasteiger partial charge in [-0.2, -0.15) is 0 Å². The van der Waals surface area contributed by atoms with Crippen molar-refractivity contribution in [3.05, 3.63) is 0 Å². The second-order valence-corrected chi connectivity index (χ2v) is 4.81. The van der Waals surface area contributed by atoms with E-state index in [4.69, 9.17) is 9.47 Å². The molecule has 0 radical (unpaired) electrons. The molecule has 5 nitrogen and oxygen atoms in total. The van der Waals surface area contributed by atoms with E-state index in [1.165, 1.54) is 0 Å². The van der Waals surface area contributed by atoms with Gasteiger partial charge in [-0.25, -0.2) is 13.1 Å². The number of methoxy groups -OCH3 is 1. The summed E-state index contributed by atoms with van der Waals surface area (Å²) in [7, 11) is -1.41. The highest BCUT2D eigenvalue weighted by Gasteiger charge is 1.98. The van der Waals surface area contributed by atoms with Crippen molar-refractivity contribution in [3.8, 4) is 0 Å². The quantitative estimate of drug-likeness (QED) is 0.560. The van der Waals surface area contributed by atoms with Gasteiger partial charge in [0.05, 0.1) is 19.5 Å². The molecule has 6 heteroatoms. The standard InChI is InChI=1S/C8H19NO4S/c1-12-7-8-13-6-4-3-5-9-14(2,10)11/h9H,3-8H2,1-2H3. The van der Waals surface area contributed by atoms with Gasteiger partial charge in [-0.3, -0.25) is 0 Å². The number of unbranched alkanes of at least 4 members (excludes halogenated alkanes) is 1. The molecule has 0 aromatic heterocycles. The van der Waals surface area contributed by atoms with E-state index in [2.05, 4.69) is 4.72 Å². The number of ether oxygens (including phenoxy) is 2. The molecule has 0 aromatic carbocycles. The zero-order chi connectivity index (χ0) is 10.9. The van der Waals surface area contributed by atoms with Gasteiger partial charge in [0.15, 0.2) is 0 Å². The van der Waals surface area contributed by atoms with Crippen molar-refractivity contribution in [1.29, 1.82) is 0 Å². The summed E-state index contributed by atoms with van der Waals surface area (Å²) in [5, 5.41) is 0. The molecule has 0 unspecified atom stereocenters. The van der Waals surface area contributed by atoms with Gasteiger partial charge in [-0.05, 0) is 12.8 Å². The fourth-order valence-corrected chi connectivity index (χ4v) is 1.35. The van der Waals surface area contributed by atoms with Crippen molar-refractivity contribution < 1.29 is 17.9 Å². The van der Waals surface area contributed by atoms with Crippen LogP contribution in [0.4, 0.5) is 0 Å². The van der Waals surface area contributed by atoms with Crippen LogP contribution in [0.5, 0.6) is 0 Å². The highest BCUT2D eigenvalue weighted by atomic mass is 32.2. The van der Waals surface area contributed by atoms with Crippen molar-refractivity contribution in [2.75, 3.05) is 39.7 Å². The molecule has 1 N–H and O–H groups in total. The first-order valence-corrected chi connectivity index (χ1v) is 6.46. The Morgan fingerprint density at radius 2 is 1.86 bits per heavy atom. The Morgan fingerprint density at radius 1 is 1.14 bits per heavy atom. The zero-order valence-corrected chi connectivity index (χ0v) is 9.60. The van der Waals surface area contributed by atoms with Crippen LogP contribution in [0.1, 0.15) is 12.8 Å². The predicted octanol–water partition coefficient (Wildman–Crippen LogP) is -0.0212. The molecule has 0 saturated carbocycles. The average Bonchev–Trinajstić information content (AvgIpc) is 2.08. The van der Waals surface area contributed by atoms with E-state index < -0.39 is 10.0 Å². The van der Waals surface area contributed by atoms with Gasteiger partial charge in [0.25, 0.3) is 0 Å². The van der Waals surface area contributed by atoms with Crippen molar-refractivity contribution in [3.63, 3.8) is 0 Å². The van der Waals surface area contributed by atoms with Gasteiger partial charge >= 0.3 is 0 Å². The summed E-state index contributed by atoms with van der Waals surface area (Å²) < 4.78 is 33.7. The van der Waals surface area contributed by atoms with E-state index >= 15 is 0 Å². The first kappa shape index (κ1) is 13.8. The Kier molecular flexibility index (Phi) is 8.07. The van der Waals surface area contributed by atoms with Crippen LogP contribution >= 0.6 is 0 Å². The summed E-state index contributed by atoms with van der Waals surface area (Å²) in [5.41, 5.74) is 0. The molecule has 0 amide bonds. The van der Waals surface area contributed by atoms with Gasteiger partial charge in [-0.15, -0.1) is 0 Å². The molecular weight excluding hydrogens is 206 g/mol. The van der Waals surface area contributed by atoms with E-state index in [-0.39, 0.29) is 0 Å². The first-order chi connectivity index (χ1) is 6.56. The summed E-state index contributed by atoms with van der Waals surface area (Å²) in [4.78, 5) is 0. The maximum Gasteiger partial charge on any atom is 0.208 e. The van der Waals surface area contributed by atoms with E-state index in [1.54, 1.807) is 7.11 Å². The average molecular weight is 225 g/mol. The summed E-state index contributed by atoms with van der Waals surface area (Å²) in [6.07, 6.45) is 2.80. The third kappa shape index (κ3) is 11.8. The Morgan fingerprint density at radius 3 is 2.43 bits per heavy atom. The summed E-state index contributed by atoms with van der Waals surface area (Å²) in [6.45, 7) is 2.32. The third-order valence-electron chi connectivity index (χ3n) is 1.51. The van der Waals surface area contributed by atoms with Crippen LogP contribution in [0.3, 0.4) is 0 Å². The molecule has 0 aliphatic heterocycles. The molecule has 0 aromatic rings. The monoisotopic (exact) mass is 225 g/mol. The molecule has 0 saturated heterocycles. The highest BCUT2D eigenvalue weighted by Crippen LogP contribution is 1.89. The SMILES string of the molecule is COCCOCCCCNS(C)(=O)=O. The van der Waals surface area contributed by atoms with Crippen molar-refractivity contribution in [2.24, 2.45) is 0 Å². The lowest BCUT2D eigenvalue weighted by atomic mass is 10.3. The summed E-state index contributed by atoms with van der Waals surface area (Å²) in [5.74, 6) is 0. The van der Waals surface area contributed by atoms with Gasteiger partial charge in [0.2, 0.25) is 10.0 Å². The first-order valence-electron chi connectivity index (χ1n) is 4.57. The lowest BCUT2D eigenvalue weighted by Gasteiger charge is -2.03. The molecule has 0 heterocycles. The number of hydrogen-bond donors (Lipinski definition) is 1.